The molecule has 6 nitrogen and oxygen atoms in total. The average molecular weight is 339 g/mol. The van der Waals surface area contributed by atoms with Gasteiger partial charge in [0.1, 0.15) is 0 Å². The fourth-order valence-electron chi connectivity index (χ4n) is 2.97. The molecular weight excluding hydrogens is 318 g/mol. The van der Waals surface area contributed by atoms with E-state index in [0.29, 0.717) is 0 Å². The molecule has 2 rings (SSSR count). The van der Waals surface area contributed by atoms with Crippen LogP contribution in [0.25, 0.3) is 0 Å². The number of para-hydroxylation sites is 1. The van der Waals surface area contributed by atoms with Crippen LogP contribution in [0.1, 0.15) is 18.9 Å². The Morgan fingerprint density at radius 1 is 1.48 bits per heavy atom. The number of aryl methyl sites for hydroxylation is 1. The molecule has 0 spiro atoms. The molecule has 1 aliphatic heterocycles. The fraction of sp³-hybridized carbons (Fsp3) is 0.368. The van der Waals surface area contributed by atoms with E-state index in [-0.39, 0.29) is 25.4 Å². The Bertz CT molecular complexity index is 736. The number of ketones is 1. The molecule has 25 heavy (non-hydrogen) atoms. The van der Waals surface area contributed by atoms with Crippen LogP contribution in [0.3, 0.4) is 0 Å². The maximum atomic E-state index is 12.6. The van der Waals surface area contributed by atoms with Gasteiger partial charge in [0.25, 0.3) is 0 Å². The summed E-state index contributed by atoms with van der Waals surface area (Å²) in [5.41, 5.74) is 1.81. The van der Waals surface area contributed by atoms with Gasteiger partial charge in [-0.05, 0) is 18.1 Å². The van der Waals surface area contributed by atoms with Gasteiger partial charge >= 0.3 is 0 Å². The molecule has 1 fully saturated rings. The van der Waals surface area contributed by atoms with E-state index in [0.717, 1.165) is 17.7 Å². The highest BCUT2D eigenvalue weighted by molar-refractivity contribution is 6.09. The van der Waals surface area contributed by atoms with Gasteiger partial charge in [-0.2, -0.15) is 5.26 Å². The monoisotopic (exact) mass is 339 g/mol. The minimum Gasteiger partial charge on any atom is -0.351 e. The first-order valence-corrected chi connectivity index (χ1v) is 8.23. The Morgan fingerprint density at radius 3 is 2.84 bits per heavy atom. The van der Waals surface area contributed by atoms with Crippen LogP contribution in [0, 0.1) is 23.2 Å². The van der Waals surface area contributed by atoms with Gasteiger partial charge in [0.15, 0.2) is 11.7 Å². The number of benzene rings is 1. The molecule has 1 aromatic rings. The topological polar surface area (TPSA) is 90.3 Å². The average Bonchev–Trinajstić information content (AvgIpc) is 3.02. The Morgan fingerprint density at radius 2 is 2.20 bits per heavy atom. The van der Waals surface area contributed by atoms with Crippen molar-refractivity contribution in [3.8, 4) is 6.07 Å². The summed E-state index contributed by atoms with van der Waals surface area (Å²) in [7, 11) is 0. The molecule has 0 radical (unpaired) electrons. The Hall–Kier alpha value is -2.94. The molecule has 0 bridgehead atoms. The summed E-state index contributed by atoms with van der Waals surface area (Å²) < 4.78 is 0. The van der Waals surface area contributed by atoms with Gasteiger partial charge in [-0.1, -0.05) is 31.2 Å². The van der Waals surface area contributed by atoms with Crippen LogP contribution in [-0.2, 0) is 20.8 Å². The van der Waals surface area contributed by atoms with Crippen molar-refractivity contribution in [2.24, 2.45) is 11.8 Å². The van der Waals surface area contributed by atoms with Gasteiger partial charge in [0.05, 0.1) is 6.07 Å². The summed E-state index contributed by atoms with van der Waals surface area (Å²) in [4.78, 5) is 38.5. The van der Waals surface area contributed by atoms with Crippen molar-refractivity contribution in [3.63, 3.8) is 0 Å². The summed E-state index contributed by atoms with van der Waals surface area (Å²) in [6, 6.07) is 9.29. The molecular formula is C19H21N3O3. The highest BCUT2D eigenvalue weighted by atomic mass is 16.2. The van der Waals surface area contributed by atoms with Crippen LogP contribution in [-0.4, -0.2) is 30.7 Å². The molecule has 1 heterocycles. The zero-order valence-corrected chi connectivity index (χ0v) is 14.2. The molecule has 1 N–H and O–H groups in total. The van der Waals surface area contributed by atoms with Crippen molar-refractivity contribution in [1.82, 2.24) is 5.32 Å². The Labute approximate surface area is 147 Å². The van der Waals surface area contributed by atoms with Crippen molar-refractivity contribution < 1.29 is 14.4 Å². The number of rotatable bonds is 7. The van der Waals surface area contributed by atoms with Crippen LogP contribution >= 0.6 is 0 Å². The zero-order valence-electron chi connectivity index (χ0n) is 14.2. The first kappa shape index (κ1) is 18.4. The van der Waals surface area contributed by atoms with Crippen molar-refractivity contribution >= 4 is 23.3 Å². The van der Waals surface area contributed by atoms with Crippen LogP contribution in [0.5, 0.6) is 0 Å². The van der Waals surface area contributed by atoms with Crippen LogP contribution in [0.2, 0.25) is 0 Å². The van der Waals surface area contributed by atoms with E-state index >= 15 is 0 Å². The highest BCUT2D eigenvalue weighted by Gasteiger charge is 2.40. The molecule has 0 unspecified atom stereocenters. The molecule has 6 heteroatoms. The normalized spacial score (nSPS) is 17.7. The largest absolute Gasteiger partial charge is 0.351 e. The van der Waals surface area contributed by atoms with Crippen LogP contribution in [0.4, 0.5) is 5.69 Å². The van der Waals surface area contributed by atoms with E-state index in [1.165, 1.54) is 6.08 Å². The van der Waals surface area contributed by atoms with E-state index in [1.807, 2.05) is 31.2 Å². The predicted molar refractivity (Wildman–Crippen MR) is 93.6 cm³/mol. The number of hydrogen-bond donors (Lipinski definition) is 1. The van der Waals surface area contributed by atoms with Gasteiger partial charge in [0, 0.05) is 31.1 Å². The highest BCUT2D eigenvalue weighted by Crippen LogP contribution is 2.30. The third-order valence-corrected chi connectivity index (χ3v) is 4.29. The summed E-state index contributed by atoms with van der Waals surface area (Å²) in [6.45, 7) is 5.85. The lowest BCUT2D eigenvalue weighted by Crippen LogP contribution is -2.38. The molecule has 0 aliphatic carbocycles. The lowest BCUT2D eigenvalue weighted by molar-refractivity contribution is -0.134. The molecule has 0 saturated carbocycles. The summed E-state index contributed by atoms with van der Waals surface area (Å²) in [6.07, 6.45) is 2.26. The minimum atomic E-state index is -1.40. The molecule has 130 valence electrons. The number of carbonyl (C=O) groups excluding carboxylic acids is 3. The van der Waals surface area contributed by atoms with E-state index < -0.39 is 23.5 Å². The number of carbonyl (C=O) groups is 3. The standard InChI is InChI=1S/C19H21N3O3/c1-3-9-21-19(25)15(11-20)18(24)14-10-17(23)22(12-14)16-8-6-5-7-13(16)4-2/h3,5-8,14-15H,1,4,9-10,12H2,2H3,(H,21,25)/t14-,15+/m1/s1. The third kappa shape index (κ3) is 3.94. The second-order valence-electron chi connectivity index (χ2n) is 5.89. The lowest BCUT2D eigenvalue weighted by atomic mass is 9.92. The molecule has 2 atom stereocenters. The number of nitrogens with zero attached hydrogens (tertiary/aromatic N) is 2. The molecule has 2 amide bonds. The number of nitriles is 1. The van der Waals surface area contributed by atoms with Gasteiger partial charge in [0.2, 0.25) is 11.8 Å². The zero-order chi connectivity index (χ0) is 18.4. The Balaban J connectivity index is 2.16. The Kier molecular flexibility index (Phi) is 6.07. The second-order valence-corrected chi connectivity index (χ2v) is 5.89. The summed E-state index contributed by atoms with van der Waals surface area (Å²) in [5, 5.41) is 11.7. The molecule has 1 aliphatic rings. The van der Waals surface area contributed by atoms with Gasteiger partial charge in [-0.15, -0.1) is 6.58 Å². The number of anilines is 1. The maximum absolute atomic E-state index is 12.6. The number of Topliss-reactive ketones (excluding diaryl/α,β-unsaturated/α-hetero) is 1. The predicted octanol–water partition coefficient (Wildman–Crippen LogP) is 1.61. The molecule has 1 aromatic carbocycles. The number of amides is 2. The molecule has 0 aromatic heterocycles. The smallest absolute Gasteiger partial charge is 0.245 e. The number of nitrogens with one attached hydrogen (secondary N) is 1. The maximum Gasteiger partial charge on any atom is 0.245 e. The van der Waals surface area contributed by atoms with E-state index in [4.69, 9.17) is 0 Å². The van der Waals surface area contributed by atoms with Crippen LogP contribution in [0.15, 0.2) is 36.9 Å². The van der Waals surface area contributed by atoms with Gasteiger partial charge in [-0.3, -0.25) is 14.4 Å². The van der Waals surface area contributed by atoms with E-state index in [1.54, 1.807) is 11.0 Å². The van der Waals surface area contributed by atoms with E-state index in [2.05, 4.69) is 11.9 Å². The molecule has 1 saturated heterocycles. The lowest BCUT2D eigenvalue weighted by Gasteiger charge is -2.20. The van der Waals surface area contributed by atoms with Crippen molar-refractivity contribution in [1.29, 1.82) is 5.26 Å². The van der Waals surface area contributed by atoms with E-state index in [9.17, 15) is 19.6 Å². The van der Waals surface area contributed by atoms with Crippen molar-refractivity contribution in [3.05, 3.63) is 42.5 Å². The summed E-state index contributed by atoms with van der Waals surface area (Å²) in [5.74, 6) is -3.38. The van der Waals surface area contributed by atoms with Crippen molar-refractivity contribution in [2.75, 3.05) is 18.0 Å². The third-order valence-electron chi connectivity index (χ3n) is 4.29. The first-order chi connectivity index (χ1) is 12.0. The van der Waals surface area contributed by atoms with Gasteiger partial charge in [-0.25, -0.2) is 0 Å². The summed E-state index contributed by atoms with van der Waals surface area (Å²) >= 11 is 0. The minimum absolute atomic E-state index is 0.0177. The number of hydrogen-bond acceptors (Lipinski definition) is 4. The second kappa shape index (κ2) is 8.25. The first-order valence-electron chi connectivity index (χ1n) is 8.23. The SMILES string of the molecule is C=CCNC(=O)[C@@H](C#N)C(=O)[C@@H]1CC(=O)N(c2ccccc2CC)C1. The van der Waals surface area contributed by atoms with Gasteiger partial charge < -0.3 is 10.2 Å². The fourth-order valence-corrected chi connectivity index (χ4v) is 2.97. The quantitative estimate of drug-likeness (QED) is 0.604. The van der Waals surface area contributed by atoms with Crippen LogP contribution < -0.4 is 10.2 Å². The van der Waals surface area contributed by atoms with Crippen molar-refractivity contribution in [2.45, 2.75) is 19.8 Å².